The Labute approximate surface area is 194 Å². The lowest BCUT2D eigenvalue weighted by Crippen LogP contribution is -2.54. The van der Waals surface area contributed by atoms with Crippen molar-refractivity contribution in [2.75, 3.05) is 23.9 Å². The fourth-order valence-corrected chi connectivity index (χ4v) is 6.54. The van der Waals surface area contributed by atoms with E-state index in [1.54, 1.807) is 36.4 Å². The second-order valence-electron chi connectivity index (χ2n) is 8.84. The van der Waals surface area contributed by atoms with Gasteiger partial charge in [0.05, 0.1) is 30.2 Å². The van der Waals surface area contributed by atoms with Gasteiger partial charge in [-0.3, -0.25) is 19.3 Å². The Morgan fingerprint density at radius 2 is 1.94 bits per heavy atom. The largest absolute Gasteiger partial charge is 0.465 e. The van der Waals surface area contributed by atoms with Crippen molar-refractivity contribution >= 4 is 46.7 Å². The van der Waals surface area contributed by atoms with Gasteiger partial charge in [-0.25, -0.2) is 9.69 Å². The smallest absolute Gasteiger partial charge is 0.339 e. The van der Waals surface area contributed by atoms with Crippen molar-refractivity contribution in [3.05, 3.63) is 58.6 Å². The van der Waals surface area contributed by atoms with Crippen molar-refractivity contribution in [3.8, 4) is 0 Å². The number of carbonyl (C=O) groups excluding carboxylic acids is 4. The molecule has 8 nitrogen and oxygen atoms in total. The summed E-state index contributed by atoms with van der Waals surface area (Å²) in [5.74, 6) is -3.45. The van der Waals surface area contributed by atoms with Crippen molar-refractivity contribution in [1.82, 2.24) is 4.90 Å². The van der Waals surface area contributed by atoms with E-state index >= 15 is 0 Å². The van der Waals surface area contributed by atoms with Crippen LogP contribution in [0.4, 0.5) is 11.4 Å². The van der Waals surface area contributed by atoms with E-state index in [-0.39, 0.29) is 23.2 Å². The maximum absolute atomic E-state index is 14.0. The molecule has 3 amide bonds. The first-order valence-electron chi connectivity index (χ1n) is 10.8. The molecule has 4 aliphatic rings. The Morgan fingerprint density at radius 3 is 2.73 bits per heavy atom. The van der Waals surface area contributed by atoms with Crippen LogP contribution in [-0.4, -0.2) is 48.3 Å². The zero-order valence-corrected chi connectivity index (χ0v) is 18.5. The van der Waals surface area contributed by atoms with E-state index < -0.39 is 35.2 Å². The minimum Gasteiger partial charge on any atom is -0.465 e. The van der Waals surface area contributed by atoms with Gasteiger partial charge in [-0.2, -0.15) is 0 Å². The van der Waals surface area contributed by atoms with Gasteiger partial charge in [0.1, 0.15) is 5.54 Å². The number of amides is 3. The number of hydrogen-bond acceptors (Lipinski definition) is 6. The van der Waals surface area contributed by atoms with E-state index in [1.165, 1.54) is 13.2 Å². The first-order chi connectivity index (χ1) is 15.9. The molecule has 0 aliphatic carbocycles. The zero-order chi connectivity index (χ0) is 23.1. The summed E-state index contributed by atoms with van der Waals surface area (Å²) in [6, 6.07) is 11.3. The van der Waals surface area contributed by atoms with Crippen LogP contribution in [0.5, 0.6) is 0 Å². The van der Waals surface area contributed by atoms with Gasteiger partial charge in [0.25, 0.3) is 0 Å². The molecule has 3 saturated heterocycles. The normalized spacial score (nSPS) is 29.9. The SMILES string of the molecule is COC(=O)c1ccccc1N1C(=O)[C@H]2[C@H]3CCCN3[C@@]3(C(=O)Nc4ccc(Cl)cc43)[C@@H]2C1=O. The molecule has 33 heavy (non-hydrogen) atoms. The summed E-state index contributed by atoms with van der Waals surface area (Å²) in [6.07, 6.45) is 1.52. The monoisotopic (exact) mass is 465 g/mol. The van der Waals surface area contributed by atoms with Crippen LogP contribution in [-0.2, 0) is 24.7 Å². The van der Waals surface area contributed by atoms with Crippen LogP contribution in [0.2, 0.25) is 5.02 Å². The van der Waals surface area contributed by atoms with Gasteiger partial charge in [-0.15, -0.1) is 0 Å². The van der Waals surface area contributed by atoms with E-state index in [4.69, 9.17) is 16.3 Å². The Morgan fingerprint density at radius 1 is 1.15 bits per heavy atom. The minimum absolute atomic E-state index is 0.123. The van der Waals surface area contributed by atoms with E-state index in [0.717, 1.165) is 11.3 Å². The van der Waals surface area contributed by atoms with Gasteiger partial charge < -0.3 is 10.1 Å². The third-order valence-corrected chi connectivity index (χ3v) is 7.74. The van der Waals surface area contributed by atoms with Gasteiger partial charge >= 0.3 is 5.97 Å². The number of methoxy groups -OCH3 is 1. The molecule has 3 fully saturated rings. The number of imide groups is 1. The number of fused-ring (bicyclic) bond motifs is 7. The second-order valence-corrected chi connectivity index (χ2v) is 9.27. The highest BCUT2D eigenvalue weighted by atomic mass is 35.5. The van der Waals surface area contributed by atoms with Gasteiger partial charge in [-0.05, 0) is 49.7 Å². The Balaban J connectivity index is 1.55. The number of para-hydroxylation sites is 1. The van der Waals surface area contributed by atoms with Gasteiger partial charge in [-0.1, -0.05) is 23.7 Å². The van der Waals surface area contributed by atoms with Crippen molar-refractivity contribution in [1.29, 1.82) is 0 Å². The highest BCUT2D eigenvalue weighted by Crippen LogP contribution is 2.61. The molecule has 1 spiro atoms. The molecule has 168 valence electrons. The molecule has 4 atom stereocenters. The summed E-state index contributed by atoms with van der Waals surface area (Å²) in [5, 5.41) is 3.37. The molecule has 0 aromatic heterocycles. The first-order valence-corrected chi connectivity index (χ1v) is 11.2. The predicted molar refractivity (Wildman–Crippen MR) is 119 cm³/mol. The average molecular weight is 466 g/mol. The average Bonchev–Trinajstić information content (AvgIpc) is 3.52. The van der Waals surface area contributed by atoms with E-state index in [2.05, 4.69) is 5.32 Å². The van der Waals surface area contributed by atoms with Gasteiger partial charge in [0.15, 0.2) is 0 Å². The second kappa shape index (κ2) is 6.88. The standard InChI is InChI=1S/C24H20ClN3O5/c1-33-22(31)13-5-2-3-6-16(13)28-20(29)18-17-7-4-10-27(17)24(19(18)21(28)30)14-11-12(25)8-9-15(14)26-23(24)32/h2-3,5-6,8-9,11,17-19H,4,7,10H2,1H3,(H,26,32)/t17-,18+,19+,24-/m1/s1. The quantitative estimate of drug-likeness (QED) is 0.541. The van der Waals surface area contributed by atoms with Crippen LogP contribution in [0, 0.1) is 11.8 Å². The molecule has 4 aliphatic heterocycles. The molecule has 2 aromatic rings. The fraction of sp³-hybridized carbons (Fsp3) is 0.333. The molecule has 0 radical (unpaired) electrons. The van der Waals surface area contributed by atoms with E-state index in [1.807, 2.05) is 4.90 Å². The minimum atomic E-state index is -1.31. The number of nitrogens with one attached hydrogen (secondary N) is 1. The van der Waals surface area contributed by atoms with Crippen LogP contribution < -0.4 is 10.2 Å². The zero-order valence-electron chi connectivity index (χ0n) is 17.7. The Bertz CT molecular complexity index is 1260. The summed E-state index contributed by atoms with van der Waals surface area (Å²) >= 11 is 6.31. The molecule has 1 N–H and O–H groups in total. The number of esters is 1. The maximum atomic E-state index is 14.0. The van der Waals surface area contributed by atoms with Gasteiger partial charge in [0.2, 0.25) is 17.7 Å². The Kier molecular flexibility index (Phi) is 4.25. The highest BCUT2D eigenvalue weighted by molar-refractivity contribution is 6.31. The van der Waals surface area contributed by atoms with Crippen molar-refractivity contribution < 1.29 is 23.9 Å². The van der Waals surface area contributed by atoms with E-state index in [0.29, 0.717) is 29.2 Å². The molecular formula is C24H20ClN3O5. The molecular weight excluding hydrogens is 446 g/mol. The first kappa shape index (κ1) is 20.4. The number of nitrogens with zero attached hydrogens (tertiary/aromatic N) is 2. The molecule has 9 heteroatoms. The van der Waals surface area contributed by atoms with E-state index in [9.17, 15) is 19.2 Å². The topological polar surface area (TPSA) is 96.0 Å². The number of ether oxygens (including phenoxy) is 1. The van der Waals surface area contributed by atoms with Crippen LogP contribution in [0.25, 0.3) is 0 Å². The molecule has 4 heterocycles. The van der Waals surface area contributed by atoms with Crippen LogP contribution in [0.15, 0.2) is 42.5 Å². The highest BCUT2D eigenvalue weighted by Gasteiger charge is 2.74. The summed E-state index contributed by atoms with van der Waals surface area (Å²) in [4.78, 5) is 56.9. The van der Waals surface area contributed by atoms with Gasteiger partial charge in [0, 0.05) is 22.3 Å². The fourth-order valence-electron chi connectivity index (χ4n) is 6.36. The molecule has 2 aromatic carbocycles. The van der Waals surface area contributed by atoms with Crippen LogP contribution >= 0.6 is 11.6 Å². The summed E-state index contributed by atoms with van der Waals surface area (Å²) < 4.78 is 4.87. The van der Waals surface area contributed by atoms with Crippen molar-refractivity contribution in [3.63, 3.8) is 0 Å². The van der Waals surface area contributed by atoms with Crippen molar-refractivity contribution in [2.45, 2.75) is 24.4 Å². The van der Waals surface area contributed by atoms with Crippen molar-refractivity contribution in [2.24, 2.45) is 11.8 Å². The lowest BCUT2D eigenvalue weighted by atomic mass is 9.75. The number of benzene rings is 2. The number of halogens is 1. The number of carbonyl (C=O) groups is 4. The lowest BCUT2D eigenvalue weighted by Gasteiger charge is -2.36. The van der Waals surface area contributed by atoms with Crippen LogP contribution in [0.3, 0.4) is 0 Å². The summed E-state index contributed by atoms with van der Waals surface area (Å²) in [7, 11) is 1.25. The third-order valence-electron chi connectivity index (χ3n) is 7.50. The molecule has 0 unspecified atom stereocenters. The number of hydrogen-bond donors (Lipinski definition) is 1. The lowest BCUT2D eigenvalue weighted by molar-refractivity contribution is -0.135. The molecule has 0 saturated carbocycles. The summed E-state index contributed by atoms with van der Waals surface area (Å²) in [6.45, 7) is 0.607. The number of anilines is 2. The Hall–Kier alpha value is -3.23. The molecule has 0 bridgehead atoms. The number of rotatable bonds is 2. The summed E-state index contributed by atoms with van der Waals surface area (Å²) in [5.41, 5.74) is 0.220. The maximum Gasteiger partial charge on any atom is 0.339 e. The molecule has 6 rings (SSSR count). The predicted octanol–water partition coefficient (Wildman–Crippen LogP) is 2.56. The van der Waals surface area contributed by atoms with Crippen LogP contribution in [0.1, 0.15) is 28.8 Å². The third kappa shape index (κ3) is 2.40.